The molecular formula is C14H19BrO3. The zero-order valence-corrected chi connectivity index (χ0v) is 12.2. The lowest BCUT2D eigenvalue weighted by Gasteiger charge is -2.24. The van der Waals surface area contributed by atoms with Crippen LogP contribution in [0.15, 0.2) is 24.3 Å². The maximum atomic E-state index is 5.76. The van der Waals surface area contributed by atoms with Gasteiger partial charge in [-0.3, -0.25) is 0 Å². The lowest BCUT2D eigenvalue weighted by Crippen LogP contribution is -2.25. The van der Waals surface area contributed by atoms with Gasteiger partial charge >= 0.3 is 0 Å². The molecule has 1 saturated heterocycles. The third-order valence-electron chi connectivity index (χ3n) is 3.43. The van der Waals surface area contributed by atoms with Gasteiger partial charge in [0.2, 0.25) is 0 Å². The van der Waals surface area contributed by atoms with Crippen molar-refractivity contribution in [3.63, 3.8) is 0 Å². The third-order valence-corrected chi connectivity index (χ3v) is 4.62. The summed E-state index contributed by atoms with van der Waals surface area (Å²) in [5.74, 6) is 1.74. The molecule has 1 aliphatic heterocycles. The van der Waals surface area contributed by atoms with Gasteiger partial charge in [0.15, 0.2) is 0 Å². The summed E-state index contributed by atoms with van der Waals surface area (Å²) < 4.78 is 16.4. The zero-order chi connectivity index (χ0) is 12.8. The molecule has 1 aromatic carbocycles. The van der Waals surface area contributed by atoms with Crippen molar-refractivity contribution in [3.8, 4) is 11.5 Å². The van der Waals surface area contributed by atoms with Crippen molar-refractivity contribution in [1.29, 1.82) is 0 Å². The minimum absolute atomic E-state index is 0.256. The lowest BCUT2D eigenvalue weighted by atomic mass is 9.87. The number of benzene rings is 1. The Morgan fingerprint density at radius 2 is 2.00 bits per heavy atom. The van der Waals surface area contributed by atoms with E-state index in [-0.39, 0.29) is 5.41 Å². The van der Waals surface area contributed by atoms with Crippen molar-refractivity contribution in [1.82, 2.24) is 0 Å². The molecule has 0 radical (unpaired) electrons. The number of hydrogen-bond acceptors (Lipinski definition) is 3. The Morgan fingerprint density at radius 1 is 1.28 bits per heavy atom. The van der Waals surface area contributed by atoms with E-state index in [1.54, 1.807) is 7.11 Å². The highest BCUT2D eigenvalue weighted by Gasteiger charge is 2.33. The van der Waals surface area contributed by atoms with Gasteiger partial charge < -0.3 is 14.2 Å². The topological polar surface area (TPSA) is 27.7 Å². The molecule has 3 nitrogen and oxygen atoms in total. The second kappa shape index (κ2) is 6.43. The maximum Gasteiger partial charge on any atom is 0.119 e. The number of alkyl halides is 1. The third kappa shape index (κ3) is 3.39. The molecule has 18 heavy (non-hydrogen) atoms. The number of hydrogen-bond donors (Lipinski definition) is 0. The normalized spacial score (nSPS) is 23.0. The first-order valence-corrected chi connectivity index (χ1v) is 7.31. The predicted molar refractivity (Wildman–Crippen MR) is 74.8 cm³/mol. The first-order chi connectivity index (χ1) is 8.78. The molecule has 1 aromatic rings. The fourth-order valence-electron chi connectivity index (χ4n) is 2.08. The highest BCUT2D eigenvalue weighted by atomic mass is 79.9. The molecule has 100 valence electrons. The molecule has 1 heterocycles. The van der Waals surface area contributed by atoms with E-state index in [9.17, 15) is 0 Å². The second-order valence-electron chi connectivity index (χ2n) is 4.71. The smallest absolute Gasteiger partial charge is 0.119 e. The van der Waals surface area contributed by atoms with E-state index in [1.165, 1.54) is 0 Å². The lowest BCUT2D eigenvalue weighted by molar-refractivity contribution is 0.144. The molecule has 2 rings (SSSR count). The fraction of sp³-hybridized carbons (Fsp3) is 0.571. The van der Waals surface area contributed by atoms with Gasteiger partial charge in [0.05, 0.1) is 20.3 Å². The van der Waals surface area contributed by atoms with Gasteiger partial charge in [0.1, 0.15) is 11.5 Å². The largest absolute Gasteiger partial charge is 0.497 e. The first-order valence-electron chi connectivity index (χ1n) is 6.19. The van der Waals surface area contributed by atoms with Gasteiger partial charge in [-0.2, -0.15) is 0 Å². The summed E-state index contributed by atoms with van der Waals surface area (Å²) in [5, 5.41) is 0.978. The van der Waals surface area contributed by atoms with Crippen LogP contribution in [-0.2, 0) is 4.74 Å². The molecule has 0 N–H and O–H groups in total. The SMILES string of the molecule is COc1ccc(OCCC2(CBr)CCOC2)cc1. The highest BCUT2D eigenvalue weighted by Crippen LogP contribution is 2.34. The molecule has 1 aliphatic rings. The number of ether oxygens (including phenoxy) is 3. The van der Waals surface area contributed by atoms with E-state index in [0.29, 0.717) is 0 Å². The summed E-state index contributed by atoms with van der Waals surface area (Å²) in [6.07, 6.45) is 2.13. The number of methoxy groups -OCH3 is 1. The molecule has 0 spiro atoms. The summed E-state index contributed by atoms with van der Waals surface area (Å²) in [6.45, 7) is 2.43. The van der Waals surface area contributed by atoms with Gasteiger partial charge in [0.25, 0.3) is 0 Å². The molecule has 1 fully saturated rings. The summed E-state index contributed by atoms with van der Waals surface area (Å²) in [6, 6.07) is 7.69. The molecule has 1 atom stereocenters. The minimum Gasteiger partial charge on any atom is -0.497 e. The van der Waals surface area contributed by atoms with Crippen LogP contribution < -0.4 is 9.47 Å². The summed E-state index contributed by atoms with van der Waals surface area (Å²) in [5.41, 5.74) is 0.256. The molecule has 0 saturated carbocycles. The van der Waals surface area contributed by atoms with E-state index >= 15 is 0 Å². The van der Waals surface area contributed by atoms with Gasteiger partial charge in [-0.1, -0.05) is 15.9 Å². The minimum atomic E-state index is 0.256. The van der Waals surface area contributed by atoms with Crippen molar-refractivity contribution in [2.45, 2.75) is 12.8 Å². The molecular weight excluding hydrogens is 296 g/mol. The predicted octanol–water partition coefficient (Wildman–Crippen LogP) is 3.27. The Morgan fingerprint density at radius 3 is 2.56 bits per heavy atom. The van der Waals surface area contributed by atoms with Gasteiger partial charge in [-0.15, -0.1) is 0 Å². The van der Waals surface area contributed by atoms with Crippen LogP contribution in [0, 0.1) is 5.41 Å². The summed E-state index contributed by atoms with van der Waals surface area (Å²) in [7, 11) is 1.66. The van der Waals surface area contributed by atoms with Crippen molar-refractivity contribution >= 4 is 15.9 Å². The van der Waals surface area contributed by atoms with E-state index < -0.39 is 0 Å². The van der Waals surface area contributed by atoms with E-state index in [4.69, 9.17) is 14.2 Å². The van der Waals surface area contributed by atoms with Crippen LogP contribution in [0.4, 0.5) is 0 Å². The average molecular weight is 315 g/mol. The molecule has 0 aliphatic carbocycles. The van der Waals surface area contributed by atoms with E-state index in [1.807, 2.05) is 24.3 Å². The second-order valence-corrected chi connectivity index (χ2v) is 5.27. The monoisotopic (exact) mass is 314 g/mol. The van der Waals surface area contributed by atoms with E-state index in [0.717, 1.165) is 49.5 Å². The fourth-order valence-corrected chi connectivity index (χ4v) is 2.80. The number of halogens is 1. The Bertz CT molecular complexity index is 358. The van der Waals surface area contributed by atoms with Crippen LogP contribution >= 0.6 is 15.9 Å². The molecule has 0 aromatic heterocycles. The van der Waals surface area contributed by atoms with Crippen molar-refractivity contribution in [3.05, 3.63) is 24.3 Å². The Hall–Kier alpha value is -0.740. The van der Waals surface area contributed by atoms with Crippen molar-refractivity contribution in [2.75, 3.05) is 32.3 Å². The van der Waals surface area contributed by atoms with Crippen LogP contribution in [0.25, 0.3) is 0 Å². The van der Waals surface area contributed by atoms with Gasteiger partial charge in [-0.25, -0.2) is 0 Å². The first kappa shape index (κ1) is 13.7. The standard InChI is InChI=1S/C14H19BrO3/c1-16-12-2-4-13(5-3-12)18-9-7-14(10-15)6-8-17-11-14/h2-5H,6-11H2,1H3. The zero-order valence-electron chi connectivity index (χ0n) is 10.7. The molecule has 1 unspecified atom stereocenters. The van der Waals surface area contributed by atoms with Gasteiger partial charge in [0, 0.05) is 17.4 Å². The summed E-state index contributed by atoms with van der Waals surface area (Å²) >= 11 is 3.59. The quantitative estimate of drug-likeness (QED) is 0.754. The Balaban J connectivity index is 1.80. The highest BCUT2D eigenvalue weighted by molar-refractivity contribution is 9.09. The average Bonchev–Trinajstić information content (AvgIpc) is 2.89. The molecule has 0 bridgehead atoms. The molecule has 0 amide bonds. The van der Waals surface area contributed by atoms with Crippen molar-refractivity contribution in [2.24, 2.45) is 5.41 Å². The van der Waals surface area contributed by atoms with Crippen LogP contribution in [0.1, 0.15) is 12.8 Å². The molecule has 4 heteroatoms. The van der Waals surface area contributed by atoms with Crippen LogP contribution in [0.2, 0.25) is 0 Å². The maximum absolute atomic E-state index is 5.76. The Labute approximate surface area is 117 Å². The van der Waals surface area contributed by atoms with Crippen LogP contribution in [-0.4, -0.2) is 32.3 Å². The Kier molecular flexibility index (Phi) is 4.89. The number of rotatable bonds is 6. The van der Waals surface area contributed by atoms with E-state index in [2.05, 4.69) is 15.9 Å². The van der Waals surface area contributed by atoms with Crippen LogP contribution in [0.3, 0.4) is 0 Å². The van der Waals surface area contributed by atoms with Crippen LogP contribution in [0.5, 0.6) is 11.5 Å². The summed E-state index contributed by atoms with van der Waals surface area (Å²) in [4.78, 5) is 0. The van der Waals surface area contributed by atoms with Gasteiger partial charge in [-0.05, 0) is 37.1 Å². The van der Waals surface area contributed by atoms with Crippen molar-refractivity contribution < 1.29 is 14.2 Å².